The lowest BCUT2D eigenvalue weighted by Gasteiger charge is -2.03. The van der Waals surface area contributed by atoms with Gasteiger partial charge >= 0.3 is 0 Å². The minimum Gasteiger partial charge on any atom is -0.267 e. The lowest BCUT2D eigenvalue weighted by Crippen LogP contribution is -2.17. The SMILES string of the molecule is Cc1ccc2cc(/C=N/NC(=O)c3ccc([N+](=O)[O-])cc3)c(Cl)nc2c1. The van der Waals surface area contributed by atoms with E-state index in [9.17, 15) is 14.9 Å². The minimum absolute atomic E-state index is 0.0886. The first kappa shape index (κ1) is 17.5. The molecule has 7 nitrogen and oxygen atoms in total. The summed E-state index contributed by atoms with van der Waals surface area (Å²) in [5.41, 5.74) is 4.94. The summed E-state index contributed by atoms with van der Waals surface area (Å²) in [5.74, 6) is -0.489. The summed E-state index contributed by atoms with van der Waals surface area (Å²) >= 11 is 6.16. The zero-order valence-corrected chi connectivity index (χ0v) is 14.4. The molecule has 0 aliphatic carbocycles. The standard InChI is InChI=1S/C18H13ClN4O3/c1-11-2-3-13-9-14(17(19)21-16(13)8-11)10-20-22-18(24)12-4-6-15(7-5-12)23(25)26/h2-10H,1H3,(H,22,24)/b20-10+. The average molecular weight is 369 g/mol. The molecule has 3 aromatic rings. The zero-order chi connectivity index (χ0) is 18.7. The highest BCUT2D eigenvalue weighted by Crippen LogP contribution is 2.20. The average Bonchev–Trinajstić information content (AvgIpc) is 2.62. The first-order valence-corrected chi connectivity index (χ1v) is 7.96. The molecule has 0 fully saturated rings. The highest BCUT2D eigenvalue weighted by molar-refractivity contribution is 6.32. The van der Waals surface area contributed by atoms with Crippen LogP contribution < -0.4 is 5.43 Å². The fourth-order valence-electron chi connectivity index (χ4n) is 2.32. The van der Waals surface area contributed by atoms with Gasteiger partial charge in [-0.25, -0.2) is 10.4 Å². The Bertz CT molecular complexity index is 1030. The third kappa shape index (κ3) is 3.84. The van der Waals surface area contributed by atoms with Gasteiger partial charge < -0.3 is 0 Å². The molecule has 0 atom stereocenters. The highest BCUT2D eigenvalue weighted by Gasteiger charge is 2.09. The van der Waals surface area contributed by atoms with E-state index in [0.29, 0.717) is 5.56 Å². The number of fused-ring (bicyclic) bond motifs is 1. The quantitative estimate of drug-likeness (QED) is 0.327. The maximum atomic E-state index is 12.0. The minimum atomic E-state index is -0.532. The summed E-state index contributed by atoms with van der Waals surface area (Å²) in [6.07, 6.45) is 1.40. The van der Waals surface area contributed by atoms with Crippen LogP contribution in [0.5, 0.6) is 0 Å². The molecule has 8 heteroatoms. The van der Waals surface area contributed by atoms with Crippen LogP contribution in [0, 0.1) is 17.0 Å². The Kier molecular flexibility index (Phi) is 4.90. The number of amides is 1. The molecule has 0 unspecified atom stereocenters. The van der Waals surface area contributed by atoms with Gasteiger partial charge in [-0.3, -0.25) is 14.9 Å². The molecule has 1 heterocycles. The first-order valence-electron chi connectivity index (χ1n) is 7.59. The Hall–Kier alpha value is -3.32. The lowest BCUT2D eigenvalue weighted by molar-refractivity contribution is -0.384. The number of nitro benzene ring substituents is 1. The first-order chi connectivity index (χ1) is 12.4. The van der Waals surface area contributed by atoms with Crippen LogP contribution in [0.4, 0.5) is 5.69 Å². The maximum absolute atomic E-state index is 12.0. The molecule has 1 aromatic heterocycles. The third-order valence-corrected chi connectivity index (χ3v) is 3.97. The van der Waals surface area contributed by atoms with Crippen molar-refractivity contribution in [3.63, 3.8) is 0 Å². The monoisotopic (exact) mass is 368 g/mol. The molecule has 0 aliphatic rings. The smallest absolute Gasteiger partial charge is 0.267 e. The van der Waals surface area contributed by atoms with Gasteiger partial charge in [0.2, 0.25) is 0 Å². The molecule has 1 amide bonds. The Balaban J connectivity index is 1.74. The van der Waals surface area contributed by atoms with Gasteiger partial charge in [-0.05, 0) is 36.8 Å². The van der Waals surface area contributed by atoms with Crippen molar-refractivity contribution in [3.8, 4) is 0 Å². The number of nitrogens with one attached hydrogen (secondary N) is 1. The van der Waals surface area contributed by atoms with Crippen molar-refractivity contribution in [3.05, 3.63) is 80.5 Å². The highest BCUT2D eigenvalue weighted by atomic mass is 35.5. The predicted molar refractivity (Wildman–Crippen MR) is 99.6 cm³/mol. The van der Waals surface area contributed by atoms with Crippen LogP contribution in [0.2, 0.25) is 5.15 Å². The number of rotatable bonds is 4. The topological polar surface area (TPSA) is 97.5 Å². The number of carbonyl (C=O) groups excluding carboxylic acids is 1. The molecule has 3 rings (SSSR count). The van der Waals surface area contributed by atoms with Gasteiger partial charge in [-0.2, -0.15) is 5.10 Å². The van der Waals surface area contributed by atoms with E-state index in [1.165, 1.54) is 30.5 Å². The van der Waals surface area contributed by atoms with Crippen LogP contribution >= 0.6 is 11.6 Å². The summed E-state index contributed by atoms with van der Waals surface area (Å²) in [6, 6.07) is 12.9. The van der Waals surface area contributed by atoms with Crippen LogP contribution in [-0.4, -0.2) is 22.0 Å². The summed E-state index contributed by atoms with van der Waals surface area (Å²) in [6.45, 7) is 1.97. The van der Waals surface area contributed by atoms with Crippen molar-refractivity contribution < 1.29 is 9.72 Å². The summed E-state index contributed by atoms with van der Waals surface area (Å²) < 4.78 is 0. The molecule has 26 heavy (non-hydrogen) atoms. The van der Waals surface area contributed by atoms with Crippen molar-refractivity contribution >= 4 is 40.3 Å². The normalized spacial score (nSPS) is 11.0. The van der Waals surface area contributed by atoms with Gasteiger partial charge in [0.15, 0.2) is 0 Å². The Morgan fingerprint density at radius 3 is 2.65 bits per heavy atom. The van der Waals surface area contributed by atoms with Crippen molar-refractivity contribution in [1.82, 2.24) is 10.4 Å². The molecule has 0 radical (unpaired) electrons. The van der Waals surface area contributed by atoms with Gasteiger partial charge in [0.05, 0.1) is 16.7 Å². The third-order valence-electron chi connectivity index (χ3n) is 3.66. The van der Waals surface area contributed by atoms with Crippen molar-refractivity contribution in [2.75, 3.05) is 0 Å². The molecule has 0 saturated carbocycles. The number of aryl methyl sites for hydroxylation is 1. The number of halogens is 1. The van der Waals surface area contributed by atoms with Gasteiger partial charge in [0.25, 0.3) is 11.6 Å². The molecular formula is C18H13ClN4O3. The van der Waals surface area contributed by atoms with Gasteiger partial charge in [0, 0.05) is 28.6 Å². The fourth-order valence-corrected chi connectivity index (χ4v) is 2.51. The second kappa shape index (κ2) is 7.28. The van der Waals surface area contributed by atoms with E-state index in [-0.39, 0.29) is 16.4 Å². The zero-order valence-electron chi connectivity index (χ0n) is 13.6. The summed E-state index contributed by atoms with van der Waals surface area (Å²) in [5, 5.41) is 15.7. The molecule has 1 N–H and O–H groups in total. The van der Waals surface area contributed by atoms with Crippen LogP contribution in [-0.2, 0) is 0 Å². The number of aromatic nitrogens is 1. The van der Waals surface area contributed by atoms with Gasteiger partial charge in [-0.1, -0.05) is 23.7 Å². The molecule has 130 valence electrons. The summed E-state index contributed by atoms with van der Waals surface area (Å²) in [7, 11) is 0. The van der Waals surface area contributed by atoms with Crippen molar-refractivity contribution in [2.45, 2.75) is 6.92 Å². The number of hydrogen-bond donors (Lipinski definition) is 1. The van der Waals surface area contributed by atoms with Gasteiger partial charge in [-0.15, -0.1) is 0 Å². The van der Waals surface area contributed by atoms with E-state index in [2.05, 4.69) is 15.5 Å². The predicted octanol–water partition coefficient (Wildman–Crippen LogP) is 3.87. The number of hydrazone groups is 1. The van der Waals surface area contributed by atoms with Crippen LogP contribution in [0.1, 0.15) is 21.5 Å². The lowest BCUT2D eigenvalue weighted by atomic mass is 10.1. The van der Waals surface area contributed by atoms with Crippen molar-refractivity contribution in [2.24, 2.45) is 5.10 Å². The van der Waals surface area contributed by atoms with Crippen LogP contribution in [0.25, 0.3) is 10.9 Å². The second-order valence-electron chi connectivity index (χ2n) is 5.57. The van der Waals surface area contributed by atoms with E-state index in [4.69, 9.17) is 11.6 Å². The number of carbonyl (C=O) groups is 1. The maximum Gasteiger partial charge on any atom is 0.271 e. The number of benzene rings is 2. The van der Waals surface area contributed by atoms with Crippen LogP contribution in [0.15, 0.2) is 53.6 Å². The van der Waals surface area contributed by atoms with E-state index < -0.39 is 10.8 Å². The molecule has 2 aromatic carbocycles. The molecule has 0 aliphatic heterocycles. The fraction of sp³-hybridized carbons (Fsp3) is 0.0556. The van der Waals surface area contributed by atoms with Crippen molar-refractivity contribution in [1.29, 1.82) is 0 Å². The molecular weight excluding hydrogens is 356 g/mol. The van der Waals surface area contributed by atoms with Crippen LogP contribution in [0.3, 0.4) is 0 Å². The van der Waals surface area contributed by atoms with E-state index in [1.54, 1.807) is 0 Å². The number of nitro groups is 1. The van der Waals surface area contributed by atoms with E-state index in [1.807, 2.05) is 31.2 Å². The number of hydrogen-bond acceptors (Lipinski definition) is 5. The molecule has 0 saturated heterocycles. The molecule has 0 spiro atoms. The van der Waals surface area contributed by atoms with Gasteiger partial charge in [0.1, 0.15) is 5.15 Å². The Morgan fingerprint density at radius 1 is 1.23 bits per heavy atom. The number of nitrogens with zero attached hydrogens (tertiary/aromatic N) is 3. The number of non-ortho nitro benzene ring substituents is 1. The molecule has 0 bridgehead atoms. The largest absolute Gasteiger partial charge is 0.271 e. The second-order valence-corrected chi connectivity index (χ2v) is 5.93. The number of pyridine rings is 1. The summed E-state index contributed by atoms with van der Waals surface area (Å²) in [4.78, 5) is 26.4. The Morgan fingerprint density at radius 2 is 1.96 bits per heavy atom. The van der Waals surface area contributed by atoms with E-state index in [0.717, 1.165) is 16.5 Å². The van der Waals surface area contributed by atoms with E-state index >= 15 is 0 Å². The Labute approximate surface area is 153 Å².